The van der Waals surface area contributed by atoms with Crippen LogP contribution in [0.15, 0.2) is 4.52 Å². The van der Waals surface area contributed by atoms with Crippen molar-refractivity contribution >= 4 is 0 Å². The maximum absolute atomic E-state index is 5.42. The number of rotatable bonds is 2. The summed E-state index contributed by atoms with van der Waals surface area (Å²) < 4.78 is 5.42. The minimum absolute atomic E-state index is 0.441. The summed E-state index contributed by atoms with van der Waals surface area (Å²) in [5.74, 6) is 2.82. The molecule has 16 heavy (non-hydrogen) atoms. The van der Waals surface area contributed by atoms with E-state index in [4.69, 9.17) is 4.52 Å². The summed E-state index contributed by atoms with van der Waals surface area (Å²) >= 11 is 0. The van der Waals surface area contributed by atoms with Crippen LogP contribution in [0.4, 0.5) is 0 Å². The molecule has 2 aliphatic rings. The first-order valence-corrected chi connectivity index (χ1v) is 6.47. The Balaban J connectivity index is 1.71. The van der Waals surface area contributed by atoms with Crippen molar-refractivity contribution in [1.29, 1.82) is 0 Å². The van der Waals surface area contributed by atoms with Gasteiger partial charge in [0.15, 0.2) is 5.82 Å². The second-order valence-electron chi connectivity index (χ2n) is 5.02. The summed E-state index contributed by atoms with van der Waals surface area (Å²) in [7, 11) is 0. The molecule has 1 atom stereocenters. The highest BCUT2D eigenvalue weighted by Crippen LogP contribution is 2.33. The molecular weight excluding hydrogens is 202 g/mol. The summed E-state index contributed by atoms with van der Waals surface area (Å²) in [6.45, 7) is 2.12. The van der Waals surface area contributed by atoms with Crippen molar-refractivity contribution in [2.75, 3.05) is 13.1 Å². The average molecular weight is 221 g/mol. The summed E-state index contributed by atoms with van der Waals surface area (Å²) in [6.07, 6.45) is 7.51. The van der Waals surface area contributed by atoms with Gasteiger partial charge in [0, 0.05) is 12.5 Å². The Hall–Kier alpha value is -0.900. The lowest BCUT2D eigenvalue weighted by molar-refractivity contribution is 0.319. The zero-order valence-electron chi connectivity index (χ0n) is 9.61. The Labute approximate surface area is 95.8 Å². The van der Waals surface area contributed by atoms with Gasteiger partial charge >= 0.3 is 0 Å². The molecule has 88 valence electrons. The Morgan fingerprint density at radius 1 is 1.06 bits per heavy atom. The highest BCUT2D eigenvalue weighted by molar-refractivity contribution is 5.02. The fraction of sp³-hybridized carbons (Fsp3) is 0.833. The topological polar surface area (TPSA) is 51.0 Å². The second kappa shape index (κ2) is 4.53. The number of hydrogen-bond donors (Lipinski definition) is 1. The van der Waals surface area contributed by atoms with Crippen LogP contribution < -0.4 is 5.32 Å². The molecule has 0 amide bonds. The molecular formula is C12H19N3O. The van der Waals surface area contributed by atoms with Crippen LogP contribution in [0.3, 0.4) is 0 Å². The molecule has 0 bridgehead atoms. The first-order chi connectivity index (χ1) is 7.93. The van der Waals surface area contributed by atoms with Crippen molar-refractivity contribution in [3.8, 4) is 0 Å². The first-order valence-electron chi connectivity index (χ1n) is 6.47. The predicted molar refractivity (Wildman–Crippen MR) is 60.4 cm³/mol. The van der Waals surface area contributed by atoms with Gasteiger partial charge in [0.1, 0.15) is 0 Å². The van der Waals surface area contributed by atoms with Crippen LogP contribution in [-0.4, -0.2) is 23.2 Å². The summed E-state index contributed by atoms with van der Waals surface area (Å²) in [6, 6.07) is 0. The Bertz CT molecular complexity index is 338. The van der Waals surface area contributed by atoms with Crippen molar-refractivity contribution in [2.45, 2.75) is 50.4 Å². The monoisotopic (exact) mass is 221 g/mol. The third-order valence-corrected chi connectivity index (χ3v) is 3.82. The Morgan fingerprint density at radius 3 is 2.62 bits per heavy atom. The van der Waals surface area contributed by atoms with Gasteiger partial charge in [0.05, 0.1) is 5.92 Å². The Kier molecular flexibility index (Phi) is 2.91. The molecule has 0 unspecified atom stereocenters. The van der Waals surface area contributed by atoms with E-state index in [1.807, 2.05) is 0 Å². The molecule has 2 heterocycles. The van der Waals surface area contributed by atoms with Crippen molar-refractivity contribution in [3.63, 3.8) is 0 Å². The zero-order valence-corrected chi connectivity index (χ0v) is 9.61. The molecule has 1 saturated carbocycles. The van der Waals surface area contributed by atoms with Crippen molar-refractivity contribution < 1.29 is 4.52 Å². The van der Waals surface area contributed by atoms with Crippen LogP contribution in [0.2, 0.25) is 0 Å². The number of hydrogen-bond acceptors (Lipinski definition) is 4. The Morgan fingerprint density at radius 2 is 1.88 bits per heavy atom. The molecule has 3 rings (SSSR count). The van der Waals surface area contributed by atoms with Gasteiger partial charge in [-0.05, 0) is 32.2 Å². The van der Waals surface area contributed by atoms with E-state index < -0.39 is 0 Å². The zero-order chi connectivity index (χ0) is 10.8. The van der Waals surface area contributed by atoms with Gasteiger partial charge in [-0.25, -0.2) is 0 Å². The minimum Gasteiger partial charge on any atom is -0.339 e. The van der Waals surface area contributed by atoms with Crippen molar-refractivity contribution in [2.24, 2.45) is 0 Å². The number of nitrogens with zero attached hydrogens (tertiary/aromatic N) is 2. The third-order valence-electron chi connectivity index (χ3n) is 3.82. The molecule has 4 nitrogen and oxygen atoms in total. The molecule has 1 aromatic rings. The standard InChI is InChI=1S/C12H19N3O/c1-2-5-9(4-1)11-14-12(16-15-11)10-6-3-7-13-8-10/h9-10,13H,1-8H2/t10-/m0/s1. The lowest BCUT2D eigenvalue weighted by Gasteiger charge is -2.18. The highest BCUT2D eigenvalue weighted by atomic mass is 16.5. The summed E-state index contributed by atoms with van der Waals surface area (Å²) in [5.41, 5.74) is 0. The minimum atomic E-state index is 0.441. The van der Waals surface area contributed by atoms with Gasteiger partial charge in [-0.3, -0.25) is 0 Å². The van der Waals surface area contributed by atoms with Crippen LogP contribution in [-0.2, 0) is 0 Å². The molecule has 1 aliphatic carbocycles. The van der Waals surface area contributed by atoms with Gasteiger partial charge in [0.2, 0.25) is 5.89 Å². The largest absolute Gasteiger partial charge is 0.339 e. The molecule has 1 saturated heterocycles. The van der Waals surface area contributed by atoms with Crippen LogP contribution >= 0.6 is 0 Å². The maximum Gasteiger partial charge on any atom is 0.231 e. The maximum atomic E-state index is 5.42. The van der Waals surface area contributed by atoms with Crippen LogP contribution in [0.1, 0.15) is 62.1 Å². The second-order valence-corrected chi connectivity index (χ2v) is 5.02. The van der Waals surface area contributed by atoms with Crippen LogP contribution in [0.25, 0.3) is 0 Å². The molecule has 0 aromatic carbocycles. The lowest BCUT2D eigenvalue weighted by atomic mass is 10.00. The van der Waals surface area contributed by atoms with E-state index in [1.165, 1.54) is 38.5 Å². The predicted octanol–water partition coefficient (Wildman–Crippen LogP) is 2.19. The summed E-state index contributed by atoms with van der Waals surface area (Å²) in [5, 5.41) is 7.54. The molecule has 0 spiro atoms. The van der Waals surface area contributed by atoms with Gasteiger partial charge in [-0.2, -0.15) is 4.98 Å². The molecule has 1 N–H and O–H groups in total. The van der Waals surface area contributed by atoms with E-state index in [0.717, 1.165) is 24.8 Å². The number of nitrogens with one attached hydrogen (secondary N) is 1. The van der Waals surface area contributed by atoms with E-state index in [-0.39, 0.29) is 0 Å². The summed E-state index contributed by atoms with van der Waals surface area (Å²) in [4.78, 5) is 4.60. The molecule has 2 fully saturated rings. The van der Waals surface area contributed by atoms with Crippen LogP contribution in [0, 0.1) is 0 Å². The fourth-order valence-electron chi connectivity index (χ4n) is 2.83. The molecule has 0 radical (unpaired) electrons. The average Bonchev–Trinajstić information content (AvgIpc) is 3.01. The third kappa shape index (κ3) is 1.98. The lowest BCUT2D eigenvalue weighted by Crippen LogP contribution is -2.28. The van der Waals surface area contributed by atoms with Gasteiger partial charge < -0.3 is 9.84 Å². The van der Waals surface area contributed by atoms with E-state index in [1.54, 1.807) is 0 Å². The normalized spacial score (nSPS) is 27.4. The van der Waals surface area contributed by atoms with E-state index in [9.17, 15) is 0 Å². The highest BCUT2D eigenvalue weighted by Gasteiger charge is 2.25. The molecule has 4 heteroatoms. The first kappa shape index (κ1) is 10.3. The van der Waals surface area contributed by atoms with E-state index >= 15 is 0 Å². The smallest absolute Gasteiger partial charge is 0.231 e. The van der Waals surface area contributed by atoms with Gasteiger partial charge in [-0.1, -0.05) is 18.0 Å². The quantitative estimate of drug-likeness (QED) is 0.831. The van der Waals surface area contributed by atoms with Gasteiger partial charge in [-0.15, -0.1) is 0 Å². The van der Waals surface area contributed by atoms with Crippen LogP contribution in [0.5, 0.6) is 0 Å². The SMILES string of the molecule is C1CCC(c2noc([C@H]3CCCNC3)n2)C1. The molecule has 1 aromatic heterocycles. The van der Waals surface area contributed by atoms with Gasteiger partial charge in [0.25, 0.3) is 0 Å². The number of piperidine rings is 1. The van der Waals surface area contributed by atoms with Crippen molar-refractivity contribution in [1.82, 2.24) is 15.5 Å². The molecule has 1 aliphatic heterocycles. The van der Waals surface area contributed by atoms with E-state index in [0.29, 0.717) is 11.8 Å². The number of aromatic nitrogens is 2. The van der Waals surface area contributed by atoms with E-state index in [2.05, 4.69) is 15.5 Å². The van der Waals surface area contributed by atoms with Crippen molar-refractivity contribution in [3.05, 3.63) is 11.7 Å². The fourth-order valence-corrected chi connectivity index (χ4v) is 2.83.